The lowest BCUT2D eigenvalue weighted by atomic mass is 9.79. The van der Waals surface area contributed by atoms with E-state index in [0.717, 1.165) is 5.39 Å². The van der Waals surface area contributed by atoms with Crippen molar-refractivity contribution in [2.24, 2.45) is 0 Å². The molecular formula is C14H16O6. The second-order valence-electron chi connectivity index (χ2n) is 5.01. The summed E-state index contributed by atoms with van der Waals surface area (Å²) in [5, 5.41) is 40.9. The Bertz CT molecular complexity index is 608. The average Bonchev–Trinajstić information content (AvgIpc) is 2.92. The molecule has 6 heteroatoms. The molecular weight excluding hydrogens is 264 g/mol. The molecule has 0 amide bonds. The fraction of sp³-hybridized carbons (Fsp3) is 0.429. The third kappa shape index (κ3) is 1.85. The smallest absolute Gasteiger partial charge is 0.146 e. The van der Waals surface area contributed by atoms with E-state index in [9.17, 15) is 20.4 Å². The van der Waals surface area contributed by atoms with E-state index >= 15 is 0 Å². The number of aliphatic hydroxyl groups is 4. The summed E-state index contributed by atoms with van der Waals surface area (Å²) in [6.07, 6.45) is -2.14. The highest BCUT2D eigenvalue weighted by Gasteiger charge is 2.51. The first-order chi connectivity index (χ1) is 9.57. The summed E-state index contributed by atoms with van der Waals surface area (Å²) >= 11 is 0. The Labute approximate surface area is 114 Å². The van der Waals surface area contributed by atoms with E-state index in [1.807, 2.05) is 0 Å². The fourth-order valence-electron chi connectivity index (χ4n) is 2.64. The first-order valence-electron chi connectivity index (χ1n) is 6.36. The second-order valence-corrected chi connectivity index (χ2v) is 5.01. The number of hydrogen-bond acceptors (Lipinski definition) is 6. The van der Waals surface area contributed by atoms with Gasteiger partial charge in [0, 0.05) is 5.39 Å². The molecule has 1 unspecified atom stereocenters. The van der Waals surface area contributed by atoms with Crippen LogP contribution in [0.2, 0.25) is 0 Å². The molecule has 4 N–H and O–H groups in total. The van der Waals surface area contributed by atoms with E-state index in [0.29, 0.717) is 11.1 Å². The summed E-state index contributed by atoms with van der Waals surface area (Å²) in [5.74, 6) is 0. The fourth-order valence-corrected chi connectivity index (χ4v) is 2.64. The van der Waals surface area contributed by atoms with Crippen molar-refractivity contribution in [3.05, 3.63) is 36.1 Å². The maximum atomic E-state index is 10.8. The maximum absolute atomic E-state index is 10.8. The lowest BCUT2D eigenvalue weighted by molar-refractivity contribution is -0.253. The molecule has 0 saturated carbocycles. The van der Waals surface area contributed by atoms with E-state index in [1.165, 1.54) is 6.26 Å². The number of fused-ring (bicyclic) bond motifs is 1. The predicted molar refractivity (Wildman–Crippen MR) is 69.0 cm³/mol. The summed E-state index contributed by atoms with van der Waals surface area (Å²) in [6.45, 7) is -0.605. The minimum Gasteiger partial charge on any atom is -0.464 e. The standard InChI is InChI=1S/C14H16O6/c15-6-11-13(17)14(18,12(16)7-20-11)9-1-2-10-8(5-9)3-4-19-10/h1-5,11-13,15-18H,6-7H2/t11-,12?,13-,14-/m1/s1. The van der Waals surface area contributed by atoms with E-state index < -0.39 is 30.5 Å². The topological polar surface area (TPSA) is 103 Å². The Morgan fingerprint density at radius 2 is 2.05 bits per heavy atom. The minimum absolute atomic E-state index is 0.164. The molecule has 1 aliphatic rings. The second kappa shape index (κ2) is 4.83. The van der Waals surface area contributed by atoms with Crippen molar-refractivity contribution in [2.45, 2.75) is 23.9 Å². The minimum atomic E-state index is -1.89. The van der Waals surface area contributed by atoms with Crippen LogP contribution in [-0.2, 0) is 10.3 Å². The van der Waals surface area contributed by atoms with Gasteiger partial charge < -0.3 is 29.6 Å². The van der Waals surface area contributed by atoms with Gasteiger partial charge in [-0.3, -0.25) is 0 Å². The first kappa shape index (κ1) is 13.5. The Kier molecular flexibility index (Phi) is 3.27. The van der Waals surface area contributed by atoms with Gasteiger partial charge in [0.05, 0.1) is 19.5 Å². The largest absolute Gasteiger partial charge is 0.464 e. The molecule has 20 heavy (non-hydrogen) atoms. The highest BCUT2D eigenvalue weighted by Crippen LogP contribution is 2.36. The van der Waals surface area contributed by atoms with Crippen molar-refractivity contribution in [3.8, 4) is 0 Å². The van der Waals surface area contributed by atoms with Gasteiger partial charge >= 0.3 is 0 Å². The van der Waals surface area contributed by atoms with E-state index in [2.05, 4.69) is 0 Å². The zero-order valence-corrected chi connectivity index (χ0v) is 10.6. The van der Waals surface area contributed by atoms with Gasteiger partial charge in [-0.1, -0.05) is 6.07 Å². The summed E-state index contributed by atoms with van der Waals surface area (Å²) in [6, 6.07) is 6.61. The number of benzene rings is 1. The Hall–Kier alpha value is -1.44. The highest BCUT2D eigenvalue weighted by molar-refractivity contribution is 5.78. The van der Waals surface area contributed by atoms with Crippen LogP contribution in [0.15, 0.2) is 34.9 Å². The molecule has 2 aromatic rings. The van der Waals surface area contributed by atoms with Crippen LogP contribution in [0, 0.1) is 0 Å². The lowest BCUT2D eigenvalue weighted by Crippen LogP contribution is -2.61. The number of hydrogen-bond donors (Lipinski definition) is 4. The maximum Gasteiger partial charge on any atom is 0.146 e. The Morgan fingerprint density at radius 3 is 2.80 bits per heavy atom. The molecule has 6 nitrogen and oxygen atoms in total. The van der Waals surface area contributed by atoms with Gasteiger partial charge in [-0.05, 0) is 23.8 Å². The first-order valence-corrected chi connectivity index (χ1v) is 6.36. The molecule has 1 fully saturated rings. The summed E-state index contributed by atoms with van der Waals surface area (Å²) in [4.78, 5) is 0. The monoisotopic (exact) mass is 280 g/mol. The molecule has 4 atom stereocenters. The van der Waals surface area contributed by atoms with Crippen LogP contribution in [0.1, 0.15) is 5.56 Å². The normalized spacial score (nSPS) is 34.5. The van der Waals surface area contributed by atoms with Crippen molar-refractivity contribution < 1.29 is 29.6 Å². The molecule has 2 heterocycles. The van der Waals surface area contributed by atoms with Crippen LogP contribution in [-0.4, -0.2) is 52.0 Å². The number of aliphatic hydroxyl groups excluding tert-OH is 3. The van der Waals surface area contributed by atoms with Crippen molar-refractivity contribution in [3.63, 3.8) is 0 Å². The summed E-state index contributed by atoms with van der Waals surface area (Å²) in [5.41, 5.74) is -0.892. The number of rotatable bonds is 2. The SMILES string of the molecule is OC[C@H]1OCC(O)[C@](O)(c2ccc3occc3c2)[C@@H]1O. The van der Waals surface area contributed by atoms with Gasteiger partial charge in [0.2, 0.25) is 0 Å². The Balaban J connectivity index is 2.07. The van der Waals surface area contributed by atoms with Crippen LogP contribution in [0.3, 0.4) is 0 Å². The van der Waals surface area contributed by atoms with Crippen molar-refractivity contribution in [2.75, 3.05) is 13.2 Å². The molecule has 0 spiro atoms. The summed E-state index contributed by atoms with van der Waals surface area (Å²) < 4.78 is 10.3. The van der Waals surface area contributed by atoms with E-state index in [1.54, 1.807) is 24.3 Å². The molecule has 108 valence electrons. The zero-order valence-electron chi connectivity index (χ0n) is 10.6. The van der Waals surface area contributed by atoms with Crippen LogP contribution in [0.25, 0.3) is 11.0 Å². The lowest BCUT2D eigenvalue weighted by Gasteiger charge is -2.44. The van der Waals surface area contributed by atoms with Gasteiger partial charge in [-0.2, -0.15) is 0 Å². The number of furan rings is 1. The van der Waals surface area contributed by atoms with Gasteiger partial charge in [-0.25, -0.2) is 0 Å². The van der Waals surface area contributed by atoms with Crippen molar-refractivity contribution in [1.29, 1.82) is 0 Å². The van der Waals surface area contributed by atoms with Crippen LogP contribution in [0.4, 0.5) is 0 Å². The van der Waals surface area contributed by atoms with E-state index in [-0.39, 0.29) is 6.61 Å². The molecule has 0 aliphatic carbocycles. The van der Waals surface area contributed by atoms with Crippen LogP contribution >= 0.6 is 0 Å². The van der Waals surface area contributed by atoms with E-state index in [4.69, 9.17) is 9.15 Å². The van der Waals surface area contributed by atoms with Crippen molar-refractivity contribution >= 4 is 11.0 Å². The molecule has 1 aromatic carbocycles. The molecule has 1 aromatic heterocycles. The molecule has 3 rings (SSSR count). The predicted octanol–water partition coefficient (Wildman–Crippen LogP) is -0.267. The Morgan fingerprint density at radius 1 is 1.25 bits per heavy atom. The molecule has 0 radical (unpaired) electrons. The number of ether oxygens (including phenoxy) is 1. The zero-order chi connectivity index (χ0) is 14.3. The third-order valence-corrected chi connectivity index (χ3v) is 3.87. The van der Waals surface area contributed by atoms with Crippen LogP contribution in [0.5, 0.6) is 0 Å². The third-order valence-electron chi connectivity index (χ3n) is 3.87. The molecule has 1 saturated heterocycles. The summed E-state index contributed by atoms with van der Waals surface area (Å²) in [7, 11) is 0. The van der Waals surface area contributed by atoms with Gasteiger partial charge in [0.15, 0.2) is 0 Å². The van der Waals surface area contributed by atoms with Gasteiger partial charge in [-0.15, -0.1) is 0 Å². The quantitative estimate of drug-likeness (QED) is 0.604. The molecule has 1 aliphatic heterocycles. The van der Waals surface area contributed by atoms with Crippen molar-refractivity contribution in [1.82, 2.24) is 0 Å². The highest BCUT2D eigenvalue weighted by atomic mass is 16.5. The average molecular weight is 280 g/mol. The van der Waals surface area contributed by atoms with Crippen LogP contribution < -0.4 is 0 Å². The van der Waals surface area contributed by atoms with Gasteiger partial charge in [0.25, 0.3) is 0 Å². The molecule has 0 bridgehead atoms. The van der Waals surface area contributed by atoms with Gasteiger partial charge in [0.1, 0.15) is 29.5 Å².